The molecule has 1 saturated heterocycles. The van der Waals surface area contributed by atoms with E-state index in [1.54, 1.807) is 0 Å². The van der Waals surface area contributed by atoms with Crippen LogP contribution in [0.15, 0.2) is 0 Å². The van der Waals surface area contributed by atoms with Crippen molar-refractivity contribution in [2.24, 2.45) is 0 Å². The summed E-state index contributed by atoms with van der Waals surface area (Å²) in [6.07, 6.45) is -17.7. The van der Waals surface area contributed by atoms with Crippen LogP contribution in [0.1, 0.15) is 90.4 Å². The number of aliphatic hydroxyl groups excluding tert-OH is 6. The lowest BCUT2D eigenvalue weighted by Gasteiger charge is -2.46. The zero-order valence-corrected chi connectivity index (χ0v) is 37.8. The first-order valence-corrected chi connectivity index (χ1v) is 21.6. The quantitative estimate of drug-likeness (QED) is 0.0257. The molecule has 7 N–H and O–H groups in total. The van der Waals surface area contributed by atoms with Crippen LogP contribution in [0, 0.1) is 0 Å². The van der Waals surface area contributed by atoms with E-state index < -0.39 is 152 Å². The van der Waals surface area contributed by atoms with Crippen molar-refractivity contribution in [3.05, 3.63) is 0 Å². The normalized spacial score (nSPS) is 22.3. The van der Waals surface area contributed by atoms with Gasteiger partial charge in [0, 0.05) is 0 Å². The Labute approximate surface area is 404 Å². The molecular weight excluding hydrogens is 1130 g/mol. The number of halogens is 27. The van der Waals surface area contributed by atoms with Crippen LogP contribution in [0.25, 0.3) is 0 Å². The van der Waals surface area contributed by atoms with Gasteiger partial charge in [0.05, 0.1) is 25.4 Å². The third-order valence-electron chi connectivity index (χ3n) is 11.7. The van der Waals surface area contributed by atoms with Crippen LogP contribution in [-0.2, 0) is 14.3 Å². The maximum absolute atomic E-state index is 15.0. The number of ether oxygens (including phenoxy) is 2. The molecule has 1 heterocycles. The molecule has 0 bridgehead atoms. The first-order chi connectivity index (χ1) is 33.4. The summed E-state index contributed by atoms with van der Waals surface area (Å²) in [6.45, 7) is -1.20. The van der Waals surface area contributed by atoms with Crippen LogP contribution < -0.4 is 5.32 Å². The van der Waals surface area contributed by atoms with Crippen molar-refractivity contribution >= 4 is 5.91 Å². The van der Waals surface area contributed by atoms with Gasteiger partial charge in [0.2, 0.25) is 0 Å². The van der Waals surface area contributed by atoms with E-state index in [1.165, 1.54) is 0 Å². The lowest BCUT2D eigenvalue weighted by atomic mass is 9.84. The van der Waals surface area contributed by atoms with Gasteiger partial charge in [0.25, 0.3) is 5.91 Å². The SMILES string of the molecule is CCCCCCCCCCCCCC[C@@H](O)[C@@H](O)[C@H](CO[C@H]1O[C@H](CO)[C@H](O)[C@H](O)[C@H]1O)NC(=O)C(F)(F)C(F)(F)C(F)(F)C(F)(F)C(F)(F)C(F)(F)C(F)(F)C(F)(F)C(F)(F)C(F)(F)C(F)(F)C(F)(F)C(F)(F)F. The summed E-state index contributed by atoms with van der Waals surface area (Å²) in [6, 6.07) is -3.14. The summed E-state index contributed by atoms with van der Waals surface area (Å²) in [7, 11) is 0. The second kappa shape index (κ2) is 24.3. The molecule has 0 aliphatic carbocycles. The summed E-state index contributed by atoms with van der Waals surface area (Å²) in [5.41, 5.74) is 0. The van der Waals surface area contributed by atoms with E-state index in [1.807, 2.05) is 6.92 Å². The number of aliphatic hydroxyl groups is 6. The fraction of sp³-hybridized carbons (Fsp3) is 0.974. The number of carbonyl (C=O) groups excluding carboxylic acids is 1. The molecule has 1 amide bonds. The first-order valence-electron chi connectivity index (χ1n) is 21.6. The molecule has 1 rings (SSSR count). The lowest BCUT2D eigenvalue weighted by Crippen LogP contribution is -2.79. The Morgan fingerprint density at radius 3 is 1.13 bits per heavy atom. The zero-order chi connectivity index (χ0) is 59.4. The van der Waals surface area contributed by atoms with E-state index in [0.717, 1.165) is 44.9 Å². The van der Waals surface area contributed by atoms with Crippen molar-refractivity contribution in [1.29, 1.82) is 0 Å². The number of nitrogens with one attached hydrogen (secondary N) is 1. The van der Waals surface area contributed by atoms with Gasteiger partial charge in [-0.05, 0) is 6.42 Å². The fourth-order valence-corrected chi connectivity index (χ4v) is 6.81. The summed E-state index contributed by atoms with van der Waals surface area (Å²) >= 11 is 0. The Morgan fingerprint density at radius 2 is 0.800 bits per heavy atom. The predicted molar refractivity (Wildman–Crippen MR) is 195 cm³/mol. The molecule has 0 aromatic heterocycles. The molecule has 0 radical (unpaired) electrons. The highest BCUT2D eigenvalue weighted by molar-refractivity contribution is 5.85. The van der Waals surface area contributed by atoms with Gasteiger partial charge >= 0.3 is 77.2 Å². The largest absolute Gasteiger partial charge is 0.460 e. The Hall–Kier alpha value is -2.74. The summed E-state index contributed by atoms with van der Waals surface area (Å²) < 4.78 is 388. The van der Waals surface area contributed by atoms with Crippen molar-refractivity contribution in [1.82, 2.24) is 5.32 Å². The molecule has 0 unspecified atom stereocenters. The molecule has 75 heavy (non-hydrogen) atoms. The molecule has 0 aromatic rings. The molecule has 1 aliphatic heterocycles. The average molecular weight is 1180 g/mol. The third-order valence-corrected chi connectivity index (χ3v) is 11.7. The lowest BCUT2D eigenvalue weighted by molar-refractivity contribution is -0.484. The number of rotatable bonds is 32. The van der Waals surface area contributed by atoms with E-state index >= 15 is 8.78 Å². The standard InChI is InChI=1S/C38H48F27NO9/c1-2-3-4-5-6-7-8-9-10-11-12-13-14-18(68)20(69)17(16-74-24-23(72)22(71)21(70)19(15-67)75-24)66-25(73)26(39,40)27(41,42)28(43,44)29(45,46)30(47,48)31(49,50)32(51,52)33(53,54)34(55,56)35(57,58)36(59,60)37(61,62)38(63,64)65/h17-24,67-72H,2-16H2,1H3,(H,66,73)/t17-,18+,19+,20-,21-,22-,23+,24-/m0/s1. The summed E-state index contributed by atoms with van der Waals surface area (Å²) in [5.74, 6) is -118. The summed E-state index contributed by atoms with van der Waals surface area (Å²) in [4.78, 5) is 12.5. The second-order valence-electron chi connectivity index (χ2n) is 17.2. The minimum absolute atomic E-state index is 0.163. The molecule has 37 heteroatoms. The Kier molecular flexibility index (Phi) is 22.8. The van der Waals surface area contributed by atoms with E-state index in [4.69, 9.17) is 9.47 Å². The highest BCUT2D eigenvalue weighted by atomic mass is 19.4. The minimum atomic E-state index is -9.99. The Bertz CT molecular complexity index is 1810. The molecule has 10 nitrogen and oxygen atoms in total. The molecule has 8 atom stereocenters. The molecule has 1 fully saturated rings. The van der Waals surface area contributed by atoms with Crippen LogP contribution in [-0.4, -0.2) is 176 Å². The maximum atomic E-state index is 15.0. The van der Waals surface area contributed by atoms with E-state index in [-0.39, 0.29) is 12.8 Å². The van der Waals surface area contributed by atoms with E-state index in [9.17, 15) is 145 Å². The smallest absolute Gasteiger partial charge is 0.394 e. The van der Waals surface area contributed by atoms with Crippen LogP contribution in [0.3, 0.4) is 0 Å². The zero-order valence-electron chi connectivity index (χ0n) is 37.8. The average Bonchev–Trinajstić information content (AvgIpc) is 3.28. The highest BCUT2D eigenvalue weighted by Gasteiger charge is 3.00. The Balaban J connectivity index is 3.66. The van der Waals surface area contributed by atoms with Gasteiger partial charge in [-0.25, -0.2) is 0 Å². The van der Waals surface area contributed by atoms with E-state index in [0.29, 0.717) is 24.6 Å². The molecule has 1 aliphatic rings. The molecular formula is C38H48F27NO9. The number of carbonyl (C=O) groups is 1. The molecule has 0 aromatic carbocycles. The van der Waals surface area contributed by atoms with E-state index in [2.05, 4.69) is 0 Å². The van der Waals surface area contributed by atoms with Gasteiger partial charge in [-0.15, -0.1) is 0 Å². The molecule has 448 valence electrons. The predicted octanol–water partition coefficient (Wildman–Crippen LogP) is 9.29. The van der Waals surface area contributed by atoms with Crippen LogP contribution >= 0.6 is 0 Å². The highest BCUT2D eigenvalue weighted by Crippen LogP contribution is 2.68. The van der Waals surface area contributed by atoms with Crippen molar-refractivity contribution in [3.63, 3.8) is 0 Å². The number of hydrogen-bond donors (Lipinski definition) is 7. The van der Waals surface area contributed by atoms with Crippen molar-refractivity contribution in [2.45, 2.75) is 217 Å². The minimum Gasteiger partial charge on any atom is -0.394 e. The van der Waals surface area contributed by atoms with Gasteiger partial charge in [-0.3, -0.25) is 4.79 Å². The van der Waals surface area contributed by atoms with Gasteiger partial charge in [-0.2, -0.15) is 119 Å². The first kappa shape index (κ1) is 70.3. The molecule has 0 spiro atoms. The number of alkyl halides is 27. The number of hydrogen-bond acceptors (Lipinski definition) is 9. The Morgan fingerprint density at radius 1 is 0.480 bits per heavy atom. The van der Waals surface area contributed by atoms with Crippen molar-refractivity contribution in [2.75, 3.05) is 13.2 Å². The third kappa shape index (κ3) is 12.7. The maximum Gasteiger partial charge on any atom is 0.460 e. The van der Waals surface area contributed by atoms with Gasteiger partial charge in [-0.1, -0.05) is 84.0 Å². The van der Waals surface area contributed by atoms with Gasteiger partial charge < -0.3 is 45.4 Å². The van der Waals surface area contributed by atoms with Crippen LogP contribution in [0.4, 0.5) is 119 Å². The van der Waals surface area contributed by atoms with Gasteiger partial charge in [0.15, 0.2) is 6.29 Å². The monoisotopic (exact) mass is 1180 g/mol. The molecule has 0 saturated carbocycles. The fourth-order valence-electron chi connectivity index (χ4n) is 6.81. The van der Waals surface area contributed by atoms with Crippen molar-refractivity contribution in [3.8, 4) is 0 Å². The topological polar surface area (TPSA) is 169 Å². The van der Waals surface area contributed by atoms with Gasteiger partial charge in [0.1, 0.15) is 30.5 Å². The van der Waals surface area contributed by atoms with Crippen LogP contribution in [0.5, 0.6) is 0 Å². The van der Waals surface area contributed by atoms with Crippen molar-refractivity contribution < 1.29 is 163 Å². The summed E-state index contributed by atoms with van der Waals surface area (Å²) in [5, 5.41) is 60.9. The number of unbranched alkanes of at least 4 members (excludes halogenated alkanes) is 11. The number of amides is 1. The second-order valence-corrected chi connectivity index (χ2v) is 17.2. The van der Waals surface area contributed by atoms with Crippen LogP contribution in [0.2, 0.25) is 0 Å².